The maximum Gasteiger partial charge on any atom is 0.138 e. The van der Waals surface area contributed by atoms with Crippen LogP contribution in [0.4, 0.5) is 0 Å². The van der Waals surface area contributed by atoms with Crippen molar-refractivity contribution in [2.75, 3.05) is 33.7 Å². The van der Waals surface area contributed by atoms with Gasteiger partial charge in [-0.05, 0) is 20.0 Å². The molecule has 120 valence electrons. The summed E-state index contributed by atoms with van der Waals surface area (Å²) < 4.78 is 2.00. The molecule has 1 aromatic rings. The van der Waals surface area contributed by atoms with Crippen LogP contribution in [-0.2, 0) is 13.0 Å². The summed E-state index contributed by atoms with van der Waals surface area (Å²) in [6, 6.07) is 0.561. The zero-order valence-electron chi connectivity index (χ0n) is 13.7. The van der Waals surface area contributed by atoms with Crippen LogP contribution in [0.3, 0.4) is 0 Å². The van der Waals surface area contributed by atoms with Gasteiger partial charge in [-0.3, -0.25) is 16.2 Å². The number of nitrogens with two attached hydrogens (primary N) is 1. The van der Waals surface area contributed by atoms with Crippen LogP contribution < -0.4 is 11.3 Å². The molecule has 0 saturated carbocycles. The lowest BCUT2D eigenvalue weighted by molar-refractivity contribution is 0.0868. The van der Waals surface area contributed by atoms with Crippen molar-refractivity contribution in [3.05, 3.63) is 12.2 Å². The van der Waals surface area contributed by atoms with Crippen molar-refractivity contribution in [1.82, 2.24) is 30.0 Å². The van der Waals surface area contributed by atoms with Gasteiger partial charge in [0.1, 0.15) is 12.2 Å². The van der Waals surface area contributed by atoms with Gasteiger partial charge in [0.15, 0.2) is 0 Å². The molecule has 0 aliphatic carbocycles. The Morgan fingerprint density at radius 1 is 1.38 bits per heavy atom. The summed E-state index contributed by atoms with van der Waals surface area (Å²) in [6.45, 7) is 8.46. The number of hydrogen-bond acceptors (Lipinski definition) is 6. The van der Waals surface area contributed by atoms with Crippen molar-refractivity contribution in [3.8, 4) is 0 Å². The molecule has 2 unspecified atom stereocenters. The molecule has 0 amide bonds. The van der Waals surface area contributed by atoms with Crippen molar-refractivity contribution >= 4 is 0 Å². The predicted molar refractivity (Wildman–Crippen MR) is 83.6 cm³/mol. The molecular weight excluding hydrogens is 266 g/mol. The standard InChI is InChI=1S/C14H29N7/c1-11(2)8-21-14(16-10-17-21)7-12(18-15)13-9-19(3)5-6-20(13)4/h10-13,18H,5-9,15H2,1-4H3. The number of piperazine rings is 1. The monoisotopic (exact) mass is 295 g/mol. The van der Waals surface area contributed by atoms with E-state index < -0.39 is 0 Å². The van der Waals surface area contributed by atoms with Crippen LogP contribution in [-0.4, -0.2) is 70.4 Å². The summed E-state index contributed by atoms with van der Waals surface area (Å²) in [6.07, 6.45) is 2.44. The molecule has 0 radical (unpaired) electrons. The highest BCUT2D eigenvalue weighted by molar-refractivity contribution is 4.96. The average Bonchev–Trinajstić information content (AvgIpc) is 2.85. The zero-order valence-corrected chi connectivity index (χ0v) is 13.7. The van der Waals surface area contributed by atoms with Gasteiger partial charge in [0.05, 0.1) is 0 Å². The lowest BCUT2D eigenvalue weighted by Crippen LogP contribution is -2.60. The number of nitrogens with one attached hydrogen (secondary N) is 1. The summed E-state index contributed by atoms with van der Waals surface area (Å²) in [5.41, 5.74) is 2.99. The van der Waals surface area contributed by atoms with E-state index in [1.54, 1.807) is 6.33 Å². The lowest BCUT2D eigenvalue weighted by Gasteiger charge is -2.41. The highest BCUT2D eigenvalue weighted by Crippen LogP contribution is 2.13. The van der Waals surface area contributed by atoms with Crippen molar-refractivity contribution in [2.24, 2.45) is 11.8 Å². The molecule has 3 N–H and O–H groups in total. The molecule has 0 aromatic carbocycles. The molecule has 1 fully saturated rings. The van der Waals surface area contributed by atoms with Crippen molar-refractivity contribution < 1.29 is 0 Å². The van der Waals surface area contributed by atoms with Crippen molar-refractivity contribution in [2.45, 2.75) is 38.9 Å². The Balaban J connectivity index is 2.06. The fourth-order valence-electron chi connectivity index (χ4n) is 2.93. The quantitative estimate of drug-likeness (QED) is 0.547. The first-order valence-electron chi connectivity index (χ1n) is 7.72. The minimum absolute atomic E-state index is 0.174. The fourth-order valence-corrected chi connectivity index (χ4v) is 2.93. The summed E-state index contributed by atoms with van der Waals surface area (Å²) in [4.78, 5) is 9.16. The molecule has 1 aliphatic heterocycles. The topological polar surface area (TPSA) is 75.2 Å². The van der Waals surface area contributed by atoms with Gasteiger partial charge in [0, 0.05) is 44.7 Å². The molecular formula is C14H29N7. The van der Waals surface area contributed by atoms with E-state index in [1.807, 2.05) is 4.68 Å². The fraction of sp³-hybridized carbons (Fsp3) is 0.857. The molecule has 0 spiro atoms. The van der Waals surface area contributed by atoms with E-state index in [-0.39, 0.29) is 6.04 Å². The van der Waals surface area contributed by atoms with E-state index in [1.165, 1.54) is 0 Å². The number of hydrazine groups is 1. The van der Waals surface area contributed by atoms with Gasteiger partial charge in [0.2, 0.25) is 0 Å². The summed E-state index contributed by atoms with van der Waals surface area (Å²) in [5, 5.41) is 4.34. The van der Waals surface area contributed by atoms with Gasteiger partial charge >= 0.3 is 0 Å². The van der Waals surface area contributed by atoms with Crippen LogP contribution in [0, 0.1) is 5.92 Å². The number of aromatic nitrogens is 3. The molecule has 2 heterocycles. The van der Waals surface area contributed by atoms with Gasteiger partial charge in [0.25, 0.3) is 0 Å². The molecule has 7 heteroatoms. The molecule has 1 saturated heterocycles. The lowest BCUT2D eigenvalue weighted by atomic mass is 10.0. The SMILES string of the molecule is CC(C)Cn1ncnc1CC(NN)C1CN(C)CCN1C. The first kappa shape index (κ1) is 16.4. The Bertz CT molecular complexity index is 431. The number of likely N-dealkylation sites (N-methyl/N-ethyl adjacent to an activating group) is 2. The largest absolute Gasteiger partial charge is 0.303 e. The normalized spacial score (nSPS) is 22.9. The van der Waals surface area contributed by atoms with Crippen LogP contribution in [0.25, 0.3) is 0 Å². The Morgan fingerprint density at radius 2 is 2.14 bits per heavy atom. The summed E-state index contributed by atoms with van der Waals surface area (Å²) in [7, 11) is 4.33. The first-order valence-corrected chi connectivity index (χ1v) is 7.72. The Kier molecular flexibility index (Phi) is 5.69. The molecule has 2 atom stereocenters. The third-order valence-corrected chi connectivity index (χ3v) is 4.21. The van der Waals surface area contributed by atoms with E-state index >= 15 is 0 Å². The molecule has 2 rings (SSSR count). The second-order valence-corrected chi connectivity index (χ2v) is 6.54. The highest BCUT2D eigenvalue weighted by Gasteiger charge is 2.30. The van der Waals surface area contributed by atoms with Gasteiger partial charge in [-0.25, -0.2) is 9.67 Å². The van der Waals surface area contributed by atoms with E-state index in [4.69, 9.17) is 5.84 Å². The second kappa shape index (κ2) is 7.31. The summed E-state index contributed by atoms with van der Waals surface area (Å²) >= 11 is 0. The van der Waals surface area contributed by atoms with Crippen molar-refractivity contribution in [1.29, 1.82) is 0 Å². The Labute approximate surface area is 127 Å². The van der Waals surface area contributed by atoms with E-state index in [2.05, 4.69) is 53.3 Å². The zero-order chi connectivity index (χ0) is 15.4. The Hall–Kier alpha value is -1.02. The van der Waals surface area contributed by atoms with Gasteiger partial charge < -0.3 is 4.90 Å². The van der Waals surface area contributed by atoms with E-state index in [0.29, 0.717) is 12.0 Å². The molecule has 1 aliphatic rings. The van der Waals surface area contributed by atoms with Crippen LogP contribution in [0.5, 0.6) is 0 Å². The molecule has 1 aromatic heterocycles. The van der Waals surface area contributed by atoms with Gasteiger partial charge in [-0.2, -0.15) is 5.10 Å². The Morgan fingerprint density at radius 3 is 2.81 bits per heavy atom. The van der Waals surface area contributed by atoms with Crippen LogP contribution in [0.1, 0.15) is 19.7 Å². The second-order valence-electron chi connectivity index (χ2n) is 6.54. The van der Waals surface area contributed by atoms with Crippen LogP contribution in [0.15, 0.2) is 6.33 Å². The van der Waals surface area contributed by atoms with E-state index in [9.17, 15) is 0 Å². The average molecular weight is 295 g/mol. The van der Waals surface area contributed by atoms with Crippen LogP contribution in [0.2, 0.25) is 0 Å². The third kappa shape index (κ3) is 4.23. The number of nitrogens with zero attached hydrogens (tertiary/aromatic N) is 5. The molecule has 7 nitrogen and oxygen atoms in total. The van der Waals surface area contributed by atoms with Gasteiger partial charge in [-0.1, -0.05) is 13.8 Å². The number of rotatable bonds is 6. The minimum Gasteiger partial charge on any atom is -0.303 e. The highest BCUT2D eigenvalue weighted by atomic mass is 15.4. The first-order chi connectivity index (χ1) is 10.0. The van der Waals surface area contributed by atoms with Crippen molar-refractivity contribution in [3.63, 3.8) is 0 Å². The van der Waals surface area contributed by atoms with Gasteiger partial charge in [-0.15, -0.1) is 0 Å². The molecule has 0 bridgehead atoms. The smallest absolute Gasteiger partial charge is 0.138 e. The predicted octanol–water partition coefficient (Wildman–Crippen LogP) is -0.446. The summed E-state index contributed by atoms with van der Waals surface area (Å²) in [5.74, 6) is 7.39. The maximum absolute atomic E-state index is 5.83. The third-order valence-electron chi connectivity index (χ3n) is 4.21. The molecule has 21 heavy (non-hydrogen) atoms. The maximum atomic E-state index is 5.83. The minimum atomic E-state index is 0.174. The van der Waals surface area contributed by atoms with Crippen LogP contribution >= 0.6 is 0 Å². The number of hydrogen-bond donors (Lipinski definition) is 2. The van der Waals surface area contributed by atoms with E-state index in [0.717, 1.165) is 38.4 Å².